The van der Waals surface area contributed by atoms with Crippen molar-refractivity contribution >= 4 is 5.57 Å². The molecular formula is C17H23N. The van der Waals surface area contributed by atoms with Crippen molar-refractivity contribution < 1.29 is 0 Å². The monoisotopic (exact) mass is 241 g/mol. The molecule has 1 N–H and O–H groups in total. The second kappa shape index (κ2) is 6.91. The van der Waals surface area contributed by atoms with E-state index in [1.165, 1.54) is 28.7 Å². The van der Waals surface area contributed by atoms with Gasteiger partial charge in [0.25, 0.3) is 0 Å². The van der Waals surface area contributed by atoms with Gasteiger partial charge in [-0.2, -0.15) is 0 Å². The van der Waals surface area contributed by atoms with Crippen molar-refractivity contribution in [2.75, 3.05) is 7.05 Å². The molecule has 1 heteroatoms. The first-order valence-corrected chi connectivity index (χ1v) is 6.55. The molecule has 0 amide bonds. The zero-order valence-electron chi connectivity index (χ0n) is 12.1. The molecule has 0 spiro atoms. The highest BCUT2D eigenvalue weighted by Crippen LogP contribution is 2.21. The molecule has 0 saturated heterocycles. The minimum atomic E-state index is 1.00. The lowest BCUT2D eigenvalue weighted by atomic mass is 9.97. The zero-order valence-corrected chi connectivity index (χ0v) is 12.1. The van der Waals surface area contributed by atoms with E-state index in [4.69, 9.17) is 0 Å². The highest BCUT2D eigenvalue weighted by atomic mass is 14.8. The highest BCUT2D eigenvalue weighted by Gasteiger charge is 2.04. The second-order valence-corrected chi connectivity index (χ2v) is 4.52. The van der Waals surface area contributed by atoms with Gasteiger partial charge in [-0.3, -0.25) is 0 Å². The molecule has 0 unspecified atom stereocenters. The summed E-state index contributed by atoms with van der Waals surface area (Å²) in [6.45, 7) is 8.38. The second-order valence-electron chi connectivity index (χ2n) is 4.52. The summed E-state index contributed by atoms with van der Waals surface area (Å²) in [4.78, 5) is 0. The molecule has 0 aliphatic heterocycles. The highest BCUT2D eigenvalue weighted by molar-refractivity contribution is 5.71. The van der Waals surface area contributed by atoms with Gasteiger partial charge >= 0.3 is 0 Å². The molecule has 0 bridgehead atoms. The summed E-state index contributed by atoms with van der Waals surface area (Å²) >= 11 is 0. The van der Waals surface area contributed by atoms with E-state index in [1.54, 1.807) is 0 Å². The lowest BCUT2D eigenvalue weighted by molar-refractivity contribution is 0.912. The number of benzene rings is 1. The van der Waals surface area contributed by atoms with E-state index < -0.39 is 0 Å². The van der Waals surface area contributed by atoms with Crippen molar-refractivity contribution in [1.82, 2.24) is 5.32 Å². The smallest absolute Gasteiger partial charge is 0.0886 e. The van der Waals surface area contributed by atoms with Crippen LogP contribution < -0.4 is 5.32 Å². The third kappa shape index (κ3) is 3.40. The molecule has 0 atom stereocenters. The van der Waals surface area contributed by atoms with E-state index in [1.807, 2.05) is 14.0 Å². The summed E-state index contributed by atoms with van der Waals surface area (Å²) in [5, 5.41) is 3.17. The fourth-order valence-electron chi connectivity index (χ4n) is 2.09. The molecule has 1 nitrogen and oxygen atoms in total. The minimum absolute atomic E-state index is 1.00. The number of aryl methyl sites for hydroxylation is 2. The summed E-state index contributed by atoms with van der Waals surface area (Å²) in [7, 11) is 1.92. The maximum Gasteiger partial charge on any atom is 0.0886 e. The number of allylic oxidation sites excluding steroid dienone is 2. The van der Waals surface area contributed by atoms with Crippen molar-refractivity contribution in [3.05, 3.63) is 40.6 Å². The Hall–Kier alpha value is -1.68. The van der Waals surface area contributed by atoms with Crippen LogP contribution in [0.2, 0.25) is 0 Å². The van der Waals surface area contributed by atoms with Crippen LogP contribution in [0.25, 0.3) is 5.57 Å². The van der Waals surface area contributed by atoms with Crippen LogP contribution in [0, 0.1) is 18.8 Å². The average Bonchev–Trinajstić information content (AvgIpc) is 2.37. The Morgan fingerprint density at radius 1 is 1.33 bits per heavy atom. The van der Waals surface area contributed by atoms with Gasteiger partial charge in [0.1, 0.15) is 0 Å². The first kappa shape index (κ1) is 14.4. The van der Waals surface area contributed by atoms with E-state index in [-0.39, 0.29) is 0 Å². The zero-order chi connectivity index (χ0) is 13.5. The predicted octanol–water partition coefficient (Wildman–Crippen LogP) is 3.92. The largest absolute Gasteiger partial charge is 0.381 e. The summed E-state index contributed by atoms with van der Waals surface area (Å²) in [6, 6.07) is 6.70. The molecule has 96 valence electrons. The lowest BCUT2D eigenvalue weighted by Crippen LogP contribution is -2.06. The van der Waals surface area contributed by atoms with E-state index in [9.17, 15) is 0 Å². The maximum atomic E-state index is 3.17. The molecule has 1 aromatic rings. The van der Waals surface area contributed by atoms with Crippen molar-refractivity contribution in [3.8, 4) is 11.8 Å². The van der Waals surface area contributed by atoms with Crippen molar-refractivity contribution in [2.45, 2.75) is 40.5 Å². The Kier molecular flexibility index (Phi) is 5.52. The van der Waals surface area contributed by atoms with Crippen molar-refractivity contribution in [3.63, 3.8) is 0 Å². The minimum Gasteiger partial charge on any atom is -0.381 e. The van der Waals surface area contributed by atoms with Crippen LogP contribution in [-0.4, -0.2) is 7.05 Å². The Morgan fingerprint density at radius 3 is 2.56 bits per heavy atom. The fourth-order valence-corrected chi connectivity index (χ4v) is 2.09. The Morgan fingerprint density at radius 2 is 2.06 bits per heavy atom. The quantitative estimate of drug-likeness (QED) is 0.788. The van der Waals surface area contributed by atoms with E-state index in [0.29, 0.717) is 0 Å². The van der Waals surface area contributed by atoms with Gasteiger partial charge in [0.2, 0.25) is 0 Å². The molecule has 18 heavy (non-hydrogen) atoms. The fraction of sp³-hybridized carbons (Fsp3) is 0.412. The van der Waals surface area contributed by atoms with Crippen LogP contribution in [0.3, 0.4) is 0 Å². The number of hydrogen-bond donors (Lipinski definition) is 1. The molecule has 0 aliphatic rings. The van der Waals surface area contributed by atoms with Gasteiger partial charge in [0.05, 0.1) is 5.70 Å². The first-order valence-electron chi connectivity index (χ1n) is 6.55. The van der Waals surface area contributed by atoms with Crippen LogP contribution in [-0.2, 0) is 6.42 Å². The third-order valence-corrected chi connectivity index (χ3v) is 3.17. The topological polar surface area (TPSA) is 12.0 Å². The Balaban J connectivity index is 3.17. The normalized spacial score (nSPS) is 11.4. The van der Waals surface area contributed by atoms with Gasteiger partial charge in [-0.25, -0.2) is 0 Å². The lowest BCUT2D eigenvalue weighted by Gasteiger charge is -2.10. The predicted molar refractivity (Wildman–Crippen MR) is 80.3 cm³/mol. The van der Waals surface area contributed by atoms with Crippen molar-refractivity contribution in [2.24, 2.45) is 0 Å². The average molecular weight is 241 g/mol. The Labute approximate surface area is 111 Å². The summed E-state index contributed by atoms with van der Waals surface area (Å²) < 4.78 is 0. The summed E-state index contributed by atoms with van der Waals surface area (Å²) in [5.41, 5.74) is 6.27. The van der Waals surface area contributed by atoms with Crippen LogP contribution >= 0.6 is 0 Å². The van der Waals surface area contributed by atoms with Gasteiger partial charge in [-0.15, -0.1) is 0 Å². The van der Waals surface area contributed by atoms with Crippen LogP contribution in [0.1, 0.15) is 43.9 Å². The van der Waals surface area contributed by atoms with E-state index in [2.05, 4.69) is 56.1 Å². The standard InChI is InChI=1S/C17H23N/c1-6-8-15-10-11-16(12-13(15)3)14(4)17(18-5)9-7-2/h10-12,18H,6,8H2,1-5H3/b17-14+. The number of rotatable bonds is 4. The maximum absolute atomic E-state index is 3.17. The summed E-state index contributed by atoms with van der Waals surface area (Å²) in [5.74, 6) is 6.05. The van der Waals surface area contributed by atoms with E-state index >= 15 is 0 Å². The molecule has 0 heterocycles. The molecule has 0 aliphatic carbocycles. The molecule has 0 fully saturated rings. The molecule has 1 rings (SSSR count). The van der Waals surface area contributed by atoms with Gasteiger partial charge in [0, 0.05) is 7.05 Å². The van der Waals surface area contributed by atoms with Crippen molar-refractivity contribution in [1.29, 1.82) is 0 Å². The third-order valence-electron chi connectivity index (χ3n) is 3.17. The van der Waals surface area contributed by atoms with Gasteiger partial charge in [-0.1, -0.05) is 37.5 Å². The molecule has 0 aromatic heterocycles. The number of hydrogen-bond acceptors (Lipinski definition) is 1. The van der Waals surface area contributed by atoms with Crippen LogP contribution in [0.15, 0.2) is 23.9 Å². The summed E-state index contributed by atoms with van der Waals surface area (Å²) in [6.07, 6.45) is 2.35. The first-order chi connectivity index (χ1) is 8.63. The van der Waals surface area contributed by atoms with Crippen LogP contribution in [0.4, 0.5) is 0 Å². The van der Waals surface area contributed by atoms with Gasteiger partial charge in [0.15, 0.2) is 0 Å². The van der Waals surface area contributed by atoms with Gasteiger partial charge in [-0.05, 0) is 55.4 Å². The molecule has 1 aromatic carbocycles. The molecule has 0 radical (unpaired) electrons. The molecular weight excluding hydrogens is 218 g/mol. The van der Waals surface area contributed by atoms with E-state index in [0.717, 1.165) is 12.1 Å². The van der Waals surface area contributed by atoms with Gasteiger partial charge < -0.3 is 5.32 Å². The number of nitrogens with one attached hydrogen (secondary N) is 1. The SMILES string of the molecule is CC#C/C(NC)=C(/C)c1ccc(CCC)c(C)c1. The molecule has 0 saturated carbocycles. The van der Waals surface area contributed by atoms with Crippen LogP contribution in [0.5, 0.6) is 0 Å². The Bertz CT molecular complexity index is 498.